The van der Waals surface area contributed by atoms with E-state index < -0.39 is 20.0 Å². The van der Waals surface area contributed by atoms with E-state index >= 15 is 0 Å². The highest BCUT2D eigenvalue weighted by Crippen LogP contribution is 2.29. The highest BCUT2D eigenvalue weighted by Gasteiger charge is 2.32. The molecule has 0 N–H and O–H groups in total. The molecule has 0 radical (unpaired) electrons. The van der Waals surface area contributed by atoms with Crippen molar-refractivity contribution in [2.45, 2.75) is 74.2 Å². The molecule has 0 spiro atoms. The Morgan fingerprint density at radius 2 is 0.938 bits per heavy atom. The lowest BCUT2D eigenvalue weighted by molar-refractivity contribution is 0.268. The highest BCUT2D eigenvalue weighted by atomic mass is 32.2. The van der Waals surface area contributed by atoms with Gasteiger partial charge in [0, 0.05) is 25.2 Å². The monoisotopic (exact) mass is 476 g/mol. The normalized spacial score (nSPS) is 23.8. The molecule has 6 nitrogen and oxygen atoms in total. The molecule has 2 aromatic carbocycles. The fraction of sp³-hybridized carbons (Fsp3) is 0.500. The zero-order valence-electron chi connectivity index (χ0n) is 18.8. The van der Waals surface area contributed by atoms with Crippen molar-refractivity contribution < 1.29 is 16.8 Å². The Bertz CT molecular complexity index is 1050. The summed E-state index contributed by atoms with van der Waals surface area (Å²) < 4.78 is 55.3. The zero-order chi connectivity index (χ0) is 22.9. The summed E-state index contributed by atoms with van der Waals surface area (Å²) in [7, 11) is -7.01. The Balaban J connectivity index is 1.54. The molecule has 0 bridgehead atoms. The predicted molar refractivity (Wildman–Crippen MR) is 126 cm³/mol. The van der Waals surface area contributed by atoms with E-state index in [0.717, 1.165) is 49.7 Å². The molecule has 2 aromatic rings. The number of rotatable bonds is 5. The van der Waals surface area contributed by atoms with Crippen LogP contribution >= 0.6 is 0 Å². The Kier molecular flexibility index (Phi) is 6.77. The van der Waals surface area contributed by atoms with Crippen LogP contribution in [-0.4, -0.2) is 50.6 Å². The second kappa shape index (κ2) is 9.25. The van der Waals surface area contributed by atoms with Crippen molar-refractivity contribution >= 4 is 20.0 Å². The maximum absolute atomic E-state index is 13.0. The first-order valence-electron chi connectivity index (χ1n) is 11.5. The van der Waals surface area contributed by atoms with Gasteiger partial charge in [0.2, 0.25) is 20.0 Å². The average Bonchev–Trinajstić information content (AvgIpc) is 2.79. The summed E-state index contributed by atoms with van der Waals surface area (Å²) in [5.41, 5.74) is 1.71. The maximum Gasteiger partial charge on any atom is 0.243 e. The van der Waals surface area contributed by atoms with Gasteiger partial charge in [-0.15, -0.1) is 0 Å². The molecule has 0 aromatic heterocycles. The summed E-state index contributed by atoms with van der Waals surface area (Å²) in [6.45, 7) is 5.06. The number of hydrogen-bond acceptors (Lipinski definition) is 4. The Morgan fingerprint density at radius 3 is 1.25 bits per heavy atom. The lowest BCUT2D eigenvalue weighted by atomic mass is 10.1. The van der Waals surface area contributed by atoms with Crippen LogP contribution < -0.4 is 0 Å². The van der Waals surface area contributed by atoms with Gasteiger partial charge in [-0.1, -0.05) is 37.1 Å². The van der Waals surface area contributed by atoms with Crippen molar-refractivity contribution in [3.63, 3.8) is 0 Å². The van der Waals surface area contributed by atoms with E-state index in [1.165, 1.54) is 0 Å². The van der Waals surface area contributed by atoms with Crippen molar-refractivity contribution in [2.24, 2.45) is 0 Å². The van der Waals surface area contributed by atoms with Gasteiger partial charge in [0.1, 0.15) is 0 Å². The van der Waals surface area contributed by atoms with Gasteiger partial charge in [-0.3, -0.25) is 0 Å². The van der Waals surface area contributed by atoms with E-state index in [0.29, 0.717) is 22.9 Å². The van der Waals surface area contributed by atoms with Crippen molar-refractivity contribution in [3.05, 3.63) is 48.5 Å². The molecule has 0 aliphatic carbocycles. The summed E-state index contributed by atoms with van der Waals surface area (Å²) >= 11 is 0. The molecular formula is C24H32N2O4S2. The summed E-state index contributed by atoms with van der Waals surface area (Å²) in [6.07, 6.45) is 5.70. The minimum atomic E-state index is -3.51. The molecule has 2 unspecified atom stereocenters. The number of hydrogen-bond donors (Lipinski definition) is 0. The fourth-order valence-electron chi connectivity index (χ4n) is 4.77. The zero-order valence-corrected chi connectivity index (χ0v) is 20.4. The molecule has 2 heterocycles. The highest BCUT2D eigenvalue weighted by molar-refractivity contribution is 7.89. The molecule has 0 saturated carbocycles. The summed E-state index contributed by atoms with van der Waals surface area (Å²) in [4.78, 5) is 0.599. The first-order chi connectivity index (χ1) is 15.2. The third-order valence-electron chi connectivity index (χ3n) is 6.74. The van der Waals surface area contributed by atoms with Gasteiger partial charge < -0.3 is 0 Å². The number of benzene rings is 2. The van der Waals surface area contributed by atoms with E-state index in [9.17, 15) is 16.8 Å². The lowest BCUT2D eigenvalue weighted by Gasteiger charge is -2.32. The summed E-state index contributed by atoms with van der Waals surface area (Å²) in [5, 5.41) is 0. The standard InChI is InChI=1S/C24H32N2O4S2/c1-19-7-3-5-17-25(19)31(27,28)23-13-9-21(10-14-23)22-11-15-24(16-12-22)32(29,30)26-18-6-4-8-20(26)2/h9-16,19-20H,3-8,17-18H2,1-2H3. The van der Waals surface area contributed by atoms with E-state index in [2.05, 4.69) is 0 Å². The topological polar surface area (TPSA) is 74.8 Å². The van der Waals surface area contributed by atoms with E-state index in [1.807, 2.05) is 13.8 Å². The number of sulfonamides is 2. The van der Waals surface area contributed by atoms with E-state index in [-0.39, 0.29) is 12.1 Å². The smallest absolute Gasteiger partial charge is 0.207 e. The van der Waals surface area contributed by atoms with Crippen LogP contribution in [0.15, 0.2) is 58.3 Å². The van der Waals surface area contributed by atoms with Crippen molar-refractivity contribution in [3.8, 4) is 11.1 Å². The summed E-state index contributed by atoms with van der Waals surface area (Å²) in [5.74, 6) is 0. The minimum absolute atomic E-state index is 0.0190. The van der Waals surface area contributed by atoms with Crippen LogP contribution in [0.4, 0.5) is 0 Å². The first kappa shape index (κ1) is 23.4. The van der Waals surface area contributed by atoms with Crippen LogP contribution in [0, 0.1) is 0 Å². The lowest BCUT2D eigenvalue weighted by Crippen LogP contribution is -2.41. The van der Waals surface area contributed by atoms with Gasteiger partial charge in [0.05, 0.1) is 9.79 Å². The predicted octanol–water partition coefficient (Wildman–Crippen LogP) is 4.48. The Morgan fingerprint density at radius 1 is 0.594 bits per heavy atom. The Hall–Kier alpha value is -1.74. The largest absolute Gasteiger partial charge is 0.243 e. The van der Waals surface area contributed by atoms with Gasteiger partial charge >= 0.3 is 0 Å². The molecule has 8 heteroatoms. The first-order valence-corrected chi connectivity index (χ1v) is 14.3. The van der Waals surface area contributed by atoms with Crippen LogP contribution in [0.25, 0.3) is 11.1 Å². The van der Waals surface area contributed by atoms with Gasteiger partial charge in [-0.25, -0.2) is 16.8 Å². The fourth-order valence-corrected chi connectivity index (χ4v) is 8.17. The van der Waals surface area contributed by atoms with Crippen LogP contribution in [0.5, 0.6) is 0 Å². The van der Waals surface area contributed by atoms with E-state index in [1.54, 1.807) is 57.1 Å². The number of nitrogens with zero attached hydrogens (tertiary/aromatic N) is 2. The molecule has 2 aliphatic rings. The molecular weight excluding hydrogens is 444 g/mol. The average molecular weight is 477 g/mol. The van der Waals surface area contributed by atoms with Crippen molar-refractivity contribution in [1.82, 2.24) is 8.61 Å². The molecule has 0 amide bonds. The SMILES string of the molecule is CC1CCCCN1S(=O)(=O)c1ccc(-c2ccc(S(=O)(=O)N3CCCCC3C)cc2)cc1. The second-order valence-electron chi connectivity index (χ2n) is 8.97. The minimum Gasteiger partial charge on any atom is -0.207 e. The van der Waals surface area contributed by atoms with Crippen LogP contribution in [0.2, 0.25) is 0 Å². The molecule has 2 atom stereocenters. The van der Waals surface area contributed by atoms with Gasteiger partial charge in [0.15, 0.2) is 0 Å². The van der Waals surface area contributed by atoms with Crippen LogP contribution in [0.3, 0.4) is 0 Å². The maximum atomic E-state index is 13.0. The van der Waals surface area contributed by atoms with Crippen LogP contribution in [-0.2, 0) is 20.0 Å². The molecule has 2 aliphatic heterocycles. The molecule has 32 heavy (non-hydrogen) atoms. The molecule has 174 valence electrons. The molecule has 2 fully saturated rings. The van der Waals surface area contributed by atoms with Crippen molar-refractivity contribution in [2.75, 3.05) is 13.1 Å². The third kappa shape index (κ3) is 4.51. The van der Waals surface area contributed by atoms with Crippen molar-refractivity contribution in [1.29, 1.82) is 0 Å². The number of piperidine rings is 2. The second-order valence-corrected chi connectivity index (χ2v) is 12.8. The molecule has 2 saturated heterocycles. The van der Waals surface area contributed by atoms with Gasteiger partial charge in [-0.2, -0.15) is 8.61 Å². The third-order valence-corrected chi connectivity index (χ3v) is 10.8. The molecule has 4 rings (SSSR count). The van der Waals surface area contributed by atoms with E-state index in [4.69, 9.17) is 0 Å². The summed E-state index contributed by atoms with van der Waals surface area (Å²) in [6, 6.07) is 13.8. The quantitative estimate of drug-likeness (QED) is 0.638. The van der Waals surface area contributed by atoms with Gasteiger partial charge in [0.25, 0.3) is 0 Å². The Labute approximate surface area is 192 Å². The van der Waals surface area contributed by atoms with Crippen LogP contribution in [0.1, 0.15) is 52.4 Å². The van der Waals surface area contributed by atoms with Gasteiger partial charge in [-0.05, 0) is 74.9 Å².